The number of benzene rings is 2. The molecule has 3 heterocycles. The molecule has 0 unspecified atom stereocenters. The molecular weight excluding hydrogens is 581 g/mol. The predicted octanol–water partition coefficient (Wildman–Crippen LogP) is 8.24. The third kappa shape index (κ3) is 6.21. The summed E-state index contributed by atoms with van der Waals surface area (Å²) in [6.07, 6.45) is 4.03. The molecule has 242 valence electrons. The number of carboxylic acid groups (broad SMARTS) is 1. The average Bonchev–Trinajstić information content (AvgIpc) is 3.68. The van der Waals surface area contributed by atoms with Gasteiger partial charge in [-0.3, -0.25) is 14.4 Å². The summed E-state index contributed by atoms with van der Waals surface area (Å²) in [5.41, 5.74) is 2.68. The topological polar surface area (TPSA) is 96.7 Å². The van der Waals surface area contributed by atoms with E-state index in [0.29, 0.717) is 12.8 Å². The monoisotopic (exact) mass is 630 g/mol. The Kier molecular flexibility index (Phi) is 8.83. The summed E-state index contributed by atoms with van der Waals surface area (Å²) in [7, 11) is -2.31. The van der Waals surface area contributed by atoms with Gasteiger partial charge in [-0.15, -0.1) is 0 Å². The molecule has 1 aromatic heterocycles. The Morgan fingerprint density at radius 1 is 1.02 bits per heavy atom. The summed E-state index contributed by atoms with van der Waals surface area (Å²) in [6.45, 7) is 17.7. The largest absolute Gasteiger partial charge is 0.465 e. The summed E-state index contributed by atoms with van der Waals surface area (Å²) in [5, 5.41) is 18.3. The van der Waals surface area contributed by atoms with Gasteiger partial charge in [0.25, 0.3) is 0 Å². The van der Waals surface area contributed by atoms with Crippen LogP contribution < -0.4 is 5.32 Å². The van der Waals surface area contributed by atoms with Crippen molar-refractivity contribution in [3.8, 4) is 0 Å². The number of carbonyl (C=O) groups excluding carboxylic acids is 1. The molecule has 2 aromatic carbocycles. The van der Waals surface area contributed by atoms with E-state index in [-0.39, 0.29) is 23.0 Å². The van der Waals surface area contributed by atoms with Gasteiger partial charge in [0, 0.05) is 23.6 Å². The zero-order valence-electron chi connectivity index (χ0n) is 28.1. The zero-order valence-corrected chi connectivity index (χ0v) is 29.1. The first-order valence-corrected chi connectivity index (χ1v) is 19.1. The van der Waals surface area contributed by atoms with E-state index in [9.17, 15) is 14.7 Å². The minimum absolute atomic E-state index is 0.0409. The van der Waals surface area contributed by atoms with Gasteiger partial charge in [0.2, 0.25) is 5.91 Å². The van der Waals surface area contributed by atoms with Gasteiger partial charge < -0.3 is 14.8 Å². The maximum absolute atomic E-state index is 13.4. The highest BCUT2D eigenvalue weighted by molar-refractivity contribution is 6.74. The second-order valence-corrected chi connectivity index (χ2v) is 20.2. The number of nitrogens with one attached hydrogen (secondary N) is 1. The van der Waals surface area contributed by atoms with Gasteiger partial charge in [-0.25, -0.2) is 4.79 Å². The van der Waals surface area contributed by atoms with Crippen molar-refractivity contribution >= 4 is 26.0 Å². The predicted molar refractivity (Wildman–Crippen MR) is 181 cm³/mol. The smallest absolute Gasteiger partial charge is 0.408 e. The molecule has 0 spiro atoms. The first kappa shape index (κ1) is 32.9. The Balaban J connectivity index is 1.42. The van der Waals surface area contributed by atoms with Crippen LogP contribution in [0.1, 0.15) is 89.8 Å². The lowest BCUT2D eigenvalue weighted by molar-refractivity contribution is -0.119. The molecule has 0 radical (unpaired) electrons. The molecule has 3 aromatic rings. The minimum atomic E-state index is -2.31. The lowest BCUT2D eigenvalue weighted by Gasteiger charge is -2.55. The van der Waals surface area contributed by atoms with Crippen molar-refractivity contribution < 1.29 is 19.1 Å². The van der Waals surface area contributed by atoms with E-state index in [1.54, 1.807) is 11.1 Å². The standard InChI is InChI=1S/C36H50N4O4Si/c1-34(2,3)36(31(26-12-10-9-11-13-26)44-45(7,8)35(4,5)6)22-20-29(39(36)33(42)43)24-25-14-16-27(17-15-25)38-32(41)30-19-18-28-21-23-37-40(28)30/h9-17,21,23,29-31H,18-20,22,24H2,1-8H3,(H,38,41)(H,42,43)/t29-,30+,31+,36-/m0/s1. The lowest BCUT2D eigenvalue weighted by atomic mass is 9.67. The van der Waals surface area contributed by atoms with Crippen LogP contribution in [0.4, 0.5) is 10.5 Å². The fourth-order valence-corrected chi connectivity index (χ4v) is 8.37. The Morgan fingerprint density at radius 3 is 2.29 bits per heavy atom. The molecule has 0 bridgehead atoms. The number of amides is 2. The molecule has 1 fully saturated rings. The molecule has 8 nitrogen and oxygen atoms in total. The molecule has 4 atom stereocenters. The molecular formula is C36H50N4O4Si. The number of anilines is 1. The molecule has 45 heavy (non-hydrogen) atoms. The van der Waals surface area contributed by atoms with Crippen molar-refractivity contribution in [3.63, 3.8) is 0 Å². The van der Waals surface area contributed by atoms with Crippen LogP contribution in [0.3, 0.4) is 0 Å². The van der Waals surface area contributed by atoms with Crippen molar-refractivity contribution in [2.45, 2.75) is 116 Å². The SMILES string of the molecule is CC(C)(C)[C@@]1([C@H](O[Si](C)(C)C(C)(C)C)c2ccccc2)CC[C@@H](Cc2ccc(NC(=O)[C@H]3CCc4ccnn43)cc2)N1C(=O)O. The number of likely N-dealkylation sites (tertiary alicyclic amines) is 1. The van der Waals surface area contributed by atoms with E-state index < -0.39 is 31.5 Å². The van der Waals surface area contributed by atoms with Gasteiger partial charge in [0.05, 0.1) is 11.6 Å². The summed E-state index contributed by atoms with van der Waals surface area (Å²) >= 11 is 0. The van der Waals surface area contributed by atoms with Crippen LogP contribution in [0.15, 0.2) is 66.9 Å². The van der Waals surface area contributed by atoms with E-state index in [1.165, 1.54) is 0 Å². The number of aromatic nitrogens is 2. The van der Waals surface area contributed by atoms with Crippen LogP contribution in [0, 0.1) is 5.41 Å². The first-order valence-electron chi connectivity index (χ1n) is 16.2. The molecule has 2 aliphatic heterocycles. The van der Waals surface area contributed by atoms with Gasteiger partial charge >= 0.3 is 6.09 Å². The number of hydrogen-bond acceptors (Lipinski definition) is 4. The van der Waals surface area contributed by atoms with Crippen molar-refractivity contribution in [2.24, 2.45) is 5.41 Å². The second-order valence-electron chi connectivity index (χ2n) is 15.4. The van der Waals surface area contributed by atoms with Crippen molar-refractivity contribution in [2.75, 3.05) is 5.32 Å². The number of nitrogens with zero attached hydrogens (tertiary/aromatic N) is 3. The molecule has 9 heteroatoms. The zero-order chi connectivity index (χ0) is 32.8. The molecule has 0 aliphatic carbocycles. The number of fused-ring (bicyclic) bond motifs is 1. The van der Waals surface area contributed by atoms with Crippen LogP contribution in [0.25, 0.3) is 0 Å². The number of carbonyl (C=O) groups is 2. The van der Waals surface area contributed by atoms with E-state index in [1.807, 2.05) is 53.2 Å². The molecule has 1 saturated heterocycles. The van der Waals surface area contributed by atoms with Gasteiger partial charge in [0.1, 0.15) is 6.04 Å². The van der Waals surface area contributed by atoms with Crippen molar-refractivity contribution in [1.29, 1.82) is 0 Å². The molecule has 5 rings (SSSR count). The lowest BCUT2D eigenvalue weighted by Crippen LogP contribution is -2.63. The highest BCUT2D eigenvalue weighted by atomic mass is 28.4. The Bertz CT molecular complexity index is 1510. The minimum Gasteiger partial charge on any atom is -0.465 e. The Hall–Kier alpha value is -3.43. The van der Waals surface area contributed by atoms with Crippen LogP contribution in [0.5, 0.6) is 0 Å². The van der Waals surface area contributed by atoms with Crippen molar-refractivity contribution in [1.82, 2.24) is 14.7 Å². The highest BCUT2D eigenvalue weighted by Gasteiger charge is 2.61. The fourth-order valence-electron chi connectivity index (χ4n) is 7.10. The summed E-state index contributed by atoms with van der Waals surface area (Å²) in [5.74, 6) is -0.0679. The third-order valence-corrected chi connectivity index (χ3v) is 15.1. The average molecular weight is 631 g/mol. The van der Waals surface area contributed by atoms with Gasteiger partial charge in [0.15, 0.2) is 8.32 Å². The molecule has 2 amide bonds. The molecule has 2 aliphatic rings. The van der Waals surface area contributed by atoms with Gasteiger partial charge in [-0.2, -0.15) is 5.10 Å². The maximum atomic E-state index is 13.4. The quantitative estimate of drug-likeness (QED) is 0.244. The fraction of sp³-hybridized carbons (Fsp3) is 0.528. The summed E-state index contributed by atoms with van der Waals surface area (Å²) in [4.78, 5) is 28.1. The normalized spacial score (nSPS) is 22.7. The van der Waals surface area contributed by atoms with Crippen LogP contribution >= 0.6 is 0 Å². The van der Waals surface area contributed by atoms with Gasteiger partial charge in [-0.1, -0.05) is 84.0 Å². The van der Waals surface area contributed by atoms with Crippen LogP contribution in [-0.4, -0.2) is 51.7 Å². The first-order chi connectivity index (χ1) is 21.0. The number of aryl methyl sites for hydroxylation is 1. The van der Waals surface area contributed by atoms with E-state index >= 15 is 0 Å². The van der Waals surface area contributed by atoms with Crippen LogP contribution in [-0.2, 0) is 22.1 Å². The Morgan fingerprint density at radius 2 is 1.69 bits per heavy atom. The highest BCUT2D eigenvalue weighted by Crippen LogP contribution is 2.57. The van der Waals surface area contributed by atoms with E-state index in [4.69, 9.17) is 4.43 Å². The summed E-state index contributed by atoms with van der Waals surface area (Å²) in [6, 6.07) is 19.5. The maximum Gasteiger partial charge on any atom is 0.408 e. The number of hydrogen-bond donors (Lipinski definition) is 2. The van der Waals surface area contributed by atoms with Gasteiger partial charge in [-0.05, 0) is 85.0 Å². The van der Waals surface area contributed by atoms with Crippen molar-refractivity contribution in [3.05, 3.63) is 83.7 Å². The molecule has 2 N–H and O–H groups in total. The van der Waals surface area contributed by atoms with E-state index in [2.05, 4.69) is 77.2 Å². The molecule has 0 saturated carbocycles. The van der Waals surface area contributed by atoms with Crippen LogP contribution in [0.2, 0.25) is 18.1 Å². The number of rotatable bonds is 8. The second kappa shape index (κ2) is 12.1. The Labute approximate surface area is 269 Å². The summed E-state index contributed by atoms with van der Waals surface area (Å²) < 4.78 is 9.09. The third-order valence-electron chi connectivity index (χ3n) is 10.6. The van der Waals surface area contributed by atoms with E-state index in [0.717, 1.165) is 41.8 Å².